The minimum absolute atomic E-state index is 0.440. The van der Waals surface area contributed by atoms with Gasteiger partial charge in [-0.3, -0.25) is 4.90 Å². The van der Waals surface area contributed by atoms with Crippen LogP contribution in [0.15, 0.2) is 18.2 Å². The largest absolute Gasteiger partial charge is 0.508 e. The molecule has 2 saturated heterocycles. The maximum atomic E-state index is 10.0. The Bertz CT molecular complexity index is 440. The highest BCUT2D eigenvalue weighted by atomic mass is 16.3. The molecule has 0 radical (unpaired) electrons. The minimum atomic E-state index is 0.440. The first-order valence-electron chi connectivity index (χ1n) is 7.50. The topological polar surface area (TPSA) is 35.5 Å². The van der Waals surface area contributed by atoms with Gasteiger partial charge in [-0.1, -0.05) is 17.7 Å². The SMILES string of the molecule is Cc1ccc(O)c(CN2CCCC2C2CCCN2)c1. The van der Waals surface area contributed by atoms with Gasteiger partial charge in [0.05, 0.1) is 0 Å². The van der Waals surface area contributed by atoms with Crippen molar-refractivity contribution in [2.24, 2.45) is 0 Å². The van der Waals surface area contributed by atoms with E-state index >= 15 is 0 Å². The Morgan fingerprint density at radius 2 is 2.21 bits per heavy atom. The molecule has 3 nitrogen and oxygen atoms in total. The Hall–Kier alpha value is -1.06. The molecule has 0 amide bonds. The molecule has 104 valence electrons. The van der Waals surface area contributed by atoms with Crippen LogP contribution < -0.4 is 5.32 Å². The number of phenols is 1. The Labute approximate surface area is 115 Å². The molecule has 2 aliphatic heterocycles. The van der Waals surface area contributed by atoms with Gasteiger partial charge in [-0.2, -0.15) is 0 Å². The van der Waals surface area contributed by atoms with Gasteiger partial charge in [0.25, 0.3) is 0 Å². The van der Waals surface area contributed by atoms with E-state index in [9.17, 15) is 5.11 Å². The average molecular weight is 260 g/mol. The zero-order chi connectivity index (χ0) is 13.2. The molecular weight excluding hydrogens is 236 g/mol. The summed E-state index contributed by atoms with van der Waals surface area (Å²) in [7, 11) is 0. The van der Waals surface area contributed by atoms with E-state index in [4.69, 9.17) is 0 Å². The van der Waals surface area contributed by atoms with Gasteiger partial charge in [-0.25, -0.2) is 0 Å². The molecule has 2 N–H and O–H groups in total. The van der Waals surface area contributed by atoms with Gasteiger partial charge in [-0.05, 0) is 51.8 Å². The van der Waals surface area contributed by atoms with Crippen molar-refractivity contribution in [1.29, 1.82) is 0 Å². The molecule has 0 aliphatic carbocycles. The summed E-state index contributed by atoms with van der Waals surface area (Å²) in [6.07, 6.45) is 5.20. The highest BCUT2D eigenvalue weighted by Crippen LogP contribution is 2.28. The lowest BCUT2D eigenvalue weighted by Gasteiger charge is -2.29. The molecule has 2 aliphatic rings. The maximum Gasteiger partial charge on any atom is 0.120 e. The highest BCUT2D eigenvalue weighted by Gasteiger charge is 2.33. The van der Waals surface area contributed by atoms with Gasteiger partial charge in [0.1, 0.15) is 5.75 Å². The number of phenolic OH excluding ortho intramolecular Hbond substituents is 1. The molecule has 2 fully saturated rings. The molecule has 0 aromatic heterocycles. The summed E-state index contributed by atoms with van der Waals surface area (Å²) in [6.45, 7) is 5.31. The second-order valence-electron chi connectivity index (χ2n) is 6.02. The number of nitrogens with one attached hydrogen (secondary N) is 1. The monoisotopic (exact) mass is 260 g/mol. The van der Waals surface area contributed by atoms with Crippen LogP contribution in [-0.2, 0) is 6.54 Å². The number of hydrogen-bond donors (Lipinski definition) is 2. The fraction of sp³-hybridized carbons (Fsp3) is 0.625. The van der Waals surface area contributed by atoms with E-state index in [2.05, 4.69) is 23.2 Å². The molecule has 0 spiro atoms. The Kier molecular flexibility index (Phi) is 3.76. The standard InChI is InChI=1S/C16H24N2O/c1-12-6-7-16(19)13(10-12)11-18-9-3-5-15(18)14-4-2-8-17-14/h6-7,10,14-15,17,19H,2-5,8-9,11H2,1H3. The second kappa shape index (κ2) is 5.51. The molecule has 1 aromatic rings. The van der Waals surface area contributed by atoms with Crippen molar-refractivity contribution in [3.63, 3.8) is 0 Å². The summed E-state index contributed by atoms with van der Waals surface area (Å²) in [5, 5.41) is 13.6. The zero-order valence-corrected chi connectivity index (χ0v) is 11.7. The van der Waals surface area contributed by atoms with Crippen molar-refractivity contribution in [2.75, 3.05) is 13.1 Å². The molecule has 3 rings (SSSR count). The van der Waals surface area contributed by atoms with Crippen molar-refractivity contribution in [3.05, 3.63) is 29.3 Å². The Morgan fingerprint density at radius 3 is 3.00 bits per heavy atom. The molecule has 2 heterocycles. The third-order valence-corrected chi connectivity index (χ3v) is 4.59. The second-order valence-corrected chi connectivity index (χ2v) is 6.02. The fourth-order valence-corrected chi connectivity index (χ4v) is 3.60. The van der Waals surface area contributed by atoms with Crippen molar-refractivity contribution in [2.45, 2.75) is 51.2 Å². The molecule has 1 aromatic carbocycles. The van der Waals surface area contributed by atoms with E-state index in [-0.39, 0.29) is 0 Å². The number of rotatable bonds is 3. The fourth-order valence-electron chi connectivity index (χ4n) is 3.60. The summed E-state index contributed by atoms with van der Waals surface area (Å²) < 4.78 is 0. The van der Waals surface area contributed by atoms with Gasteiger partial charge in [0.15, 0.2) is 0 Å². The van der Waals surface area contributed by atoms with E-state index in [1.54, 1.807) is 0 Å². The van der Waals surface area contributed by atoms with Crippen molar-refractivity contribution < 1.29 is 5.11 Å². The lowest BCUT2D eigenvalue weighted by Crippen LogP contribution is -2.43. The third kappa shape index (κ3) is 2.77. The zero-order valence-electron chi connectivity index (χ0n) is 11.7. The molecule has 0 saturated carbocycles. The first-order chi connectivity index (χ1) is 9.24. The van der Waals surface area contributed by atoms with Gasteiger partial charge in [0, 0.05) is 24.2 Å². The number of aryl methyl sites for hydroxylation is 1. The van der Waals surface area contributed by atoms with Crippen LogP contribution in [0.1, 0.15) is 36.8 Å². The van der Waals surface area contributed by atoms with E-state index < -0.39 is 0 Å². The lowest BCUT2D eigenvalue weighted by molar-refractivity contribution is 0.204. The van der Waals surface area contributed by atoms with Crippen molar-refractivity contribution >= 4 is 0 Å². The van der Waals surface area contributed by atoms with Crippen LogP contribution in [0.5, 0.6) is 5.75 Å². The van der Waals surface area contributed by atoms with Crippen molar-refractivity contribution in [3.8, 4) is 5.75 Å². The molecule has 2 unspecified atom stereocenters. The predicted octanol–water partition coefficient (Wildman–Crippen LogP) is 2.42. The third-order valence-electron chi connectivity index (χ3n) is 4.59. The Balaban J connectivity index is 1.72. The van der Waals surface area contributed by atoms with Crippen LogP contribution in [0, 0.1) is 6.92 Å². The highest BCUT2D eigenvalue weighted by molar-refractivity contribution is 5.35. The average Bonchev–Trinajstić information content (AvgIpc) is 3.03. The van der Waals surface area contributed by atoms with Crippen LogP contribution >= 0.6 is 0 Å². The summed E-state index contributed by atoms with van der Waals surface area (Å²) in [5.41, 5.74) is 2.30. The molecule has 0 bridgehead atoms. The number of aromatic hydroxyl groups is 1. The summed E-state index contributed by atoms with van der Waals surface area (Å²) >= 11 is 0. The minimum Gasteiger partial charge on any atom is -0.508 e. The molecule has 3 heteroatoms. The van der Waals surface area contributed by atoms with Gasteiger partial charge in [-0.15, -0.1) is 0 Å². The number of likely N-dealkylation sites (tertiary alicyclic amines) is 1. The van der Waals surface area contributed by atoms with Crippen LogP contribution in [-0.4, -0.2) is 35.2 Å². The Morgan fingerprint density at radius 1 is 1.32 bits per heavy atom. The predicted molar refractivity (Wildman–Crippen MR) is 77.3 cm³/mol. The van der Waals surface area contributed by atoms with Crippen LogP contribution in [0.2, 0.25) is 0 Å². The lowest BCUT2D eigenvalue weighted by atomic mass is 10.0. The van der Waals surface area contributed by atoms with E-state index in [1.165, 1.54) is 37.8 Å². The van der Waals surface area contributed by atoms with Crippen molar-refractivity contribution in [1.82, 2.24) is 10.2 Å². The maximum absolute atomic E-state index is 10.0. The number of nitrogens with zero attached hydrogens (tertiary/aromatic N) is 1. The van der Waals surface area contributed by atoms with E-state index in [0.29, 0.717) is 17.8 Å². The summed E-state index contributed by atoms with van der Waals surface area (Å²) in [5.74, 6) is 0.440. The van der Waals surface area contributed by atoms with Crippen LogP contribution in [0.4, 0.5) is 0 Å². The van der Waals surface area contributed by atoms with Gasteiger partial charge in [0.2, 0.25) is 0 Å². The first kappa shape index (κ1) is 12.9. The molecular formula is C16H24N2O. The quantitative estimate of drug-likeness (QED) is 0.876. The van der Waals surface area contributed by atoms with E-state index in [0.717, 1.165) is 18.7 Å². The smallest absolute Gasteiger partial charge is 0.120 e. The normalized spacial score (nSPS) is 28.1. The number of benzene rings is 1. The summed E-state index contributed by atoms with van der Waals surface area (Å²) in [6, 6.07) is 7.23. The first-order valence-corrected chi connectivity index (χ1v) is 7.50. The van der Waals surface area contributed by atoms with Crippen LogP contribution in [0.25, 0.3) is 0 Å². The van der Waals surface area contributed by atoms with Crippen LogP contribution in [0.3, 0.4) is 0 Å². The molecule has 2 atom stereocenters. The van der Waals surface area contributed by atoms with Gasteiger partial charge < -0.3 is 10.4 Å². The molecule has 19 heavy (non-hydrogen) atoms. The number of hydrogen-bond acceptors (Lipinski definition) is 3. The summed E-state index contributed by atoms with van der Waals surface area (Å²) in [4.78, 5) is 2.55. The van der Waals surface area contributed by atoms with E-state index in [1.807, 2.05) is 12.1 Å². The van der Waals surface area contributed by atoms with Gasteiger partial charge >= 0.3 is 0 Å².